The summed E-state index contributed by atoms with van der Waals surface area (Å²) < 4.78 is 5.77. The molecule has 0 fully saturated rings. The number of anilines is 1. The summed E-state index contributed by atoms with van der Waals surface area (Å²) in [6.07, 6.45) is 1.86. The van der Waals surface area contributed by atoms with Crippen LogP contribution in [0, 0.1) is 0 Å². The van der Waals surface area contributed by atoms with Gasteiger partial charge in [-0.2, -0.15) is 0 Å². The zero-order chi connectivity index (χ0) is 13.9. The fourth-order valence-electron chi connectivity index (χ4n) is 2.38. The van der Waals surface area contributed by atoms with Crippen LogP contribution in [0.25, 0.3) is 0 Å². The minimum absolute atomic E-state index is 0.0183. The normalized spacial score (nSPS) is 16.0. The second-order valence-corrected chi connectivity index (χ2v) is 5.12. The van der Waals surface area contributed by atoms with Crippen LogP contribution < -0.4 is 15.4 Å². The summed E-state index contributed by atoms with van der Waals surface area (Å²) in [6.45, 7) is 4.29. The average molecular weight is 269 g/mol. The lowest BCUT2D eigenvalue weighted by Crippen LogP contribution is -2.26. The molecule has 20 heavy (non-hydrogen) atoms. The van der Waals surface area contributed by atoms with Gasteiger partial charge in [0.15, 0.2) is 0 Å². The number of rotatable bonds is 2. The van der Waals surface area contributed by atoms with Crippen LogP contribution in [0.2, 0.25) is 0 Å². The highest BCUT2D eigenvalue weighted by Crippen LogP contribution is 2.25. The van der Waals surface area contributed by atoms with E-state index < -0.39 is 0 Å². The van der Waals surface area contributed by atoms with E-state index in [-0.39, 0.29) is 6.04 Å². The van der Waals surface area contributed by atoms with Gasteiger partial charge in [-0.25, -0.2) is 4.98 Å². The topological polar surface area (TPSA) is 51.4 Å². The van der Waals surface area contributed by atoms with Crippen molar-refractivity contribution in [3.05, 3.63) is 53.7 Å². The Morgan fingerprint density at radius 1 is 1.25 bits per heavy atom. The Morgan fingerprint density at radius 3 is 2.85 bits per heavy atom. The molecule has 2 aromatic rings. The van der Waals surface area contributed by atoms with Gasteiger partial charge in [0.25, 0.3) is 0 Å². The Kier molecular flexibility index (Phi) is 3.56. The predicted octanol–water partition coefficient (Wildman–Crippen LogP) is 2.50. The Bertz CT molecular complexity index is 581. The third-order valence-corrected chi connectivity index (χ3v) is 3.57. The largest absolute Gasteiger partial charge is 0.491 e. The molecule has 0 amide bonds. The molecule has 0 bridgehead atoms. The first kappa shape index (κ1) is 12.9. The first-order valence-corrected chi connectivity index (χ1v) is 6.91. The van der Waals surface area contributed by atoms with Gasteiger partial charge >= 0.3 is 0 Å². The van der Waals surface area contributed by atoms with Gasteiger partial charge in [-0.15, -0.1) is 0 Å². The van der Waals surface area contributed by atoms with Crippen LogP contribution >= 0.6 is 0 Å². The van der Waals surface area contributed by atoms with E-state index in [0.717, 1.165) is 30.2 Å². The molecule has 2 heterocycles. The van der Waals surface area contributed by atoms with Gasteiger partial charge in [0.2, 0.25) is 0 Å². The maximum Gasteiger partial charge on any atom is 0.128 e. The highest BCUT2D eigenvalue weighted by molar-refractivity contribution is 5.44. The molecule has 0 saturated heterocycles. The minimum atomic E-state index is 0.0183. The van der Waals surface area contributed by atoms with Crippen LogP contribution in [0.15, 0.2) is 42.6 Å². The number of nitrogens with zero attached hydrogens (tertiary/aromatic N) is 2. The van der Waals surface area contributed by atoms with Crippen LogP contribution in [0.3, 0.4) is 0 Å². The zero-order valence-electron chi connectivity index (χ0n) is 11.6. The van der Waals surface area contributed by atoms with Crippen LogP contribution in [0.1, 0.15) is 24.1 Å². The Morgan fingerprint density at radius 2 is 2.10 bits per heavy atom. The lowest BCUT2D eigenvalue weighted by molar-refractivity contribution is 0.331. The van der Waals surface area contributed by atoms with Crippen molar-refractivity contribution in [2.24, 2.45) is 5.73 Å². The molecule has 4 nitrogen and oxygen atoms in total. The first-order chi connectivity index (χ1) is 9.74. The quantitative estimate of drug-likeness (QED) is 0.910. The van der Waals surface area contributed by atoms with Crippen molar-refractivity contribution < 1.29 is 4.74 Å². The highest BCUT2D eigenvalue weighted by atomic mass is 16.5. The van der Waals surface area contributed by atoms with Crippen molar-refractivity contribution in [3.8, 4) is 5.75 Å². The summed E-state index contributed by atoms with van der Waals surface area (Å²) in [7, 11) is 0. The molecule has 4 heteroatoms. The van der Waals surface area contributed by atoms with E-state index in [1.807, 2.05) is 43.5 Å². The lowest BCUT2D eigenvalue weighted by Gasteiger charge is -2.21. The van der Waals surface area contributed by atoms with Crippen molar-refractivity contribution in [1.82, 2.24) is 4.98 Å². The number of fused-ring (bicyclic) bond motifs is 1. The number of ether oxygens (including phenoxy) is 1. The third-order valence-electron chi connectivity index (χ3n) is 3.57. The molecule has 1 aromatic heterocycles. The van der Waals surface area contributed by atoms with Gasteiger partial charge in [-0.05, 0) is 24.6 Å². The SMILES string of the molecule is CC(N)c1ccc(N2CCOc3ccccc3C2)nc1. The Balaban J connectivity index is 1.84. The molecule has 3 rings (SSSR count). The average Bonchev–Trinajstić information content (AvgIpc) is 2.69. The molecular formula is C16H19N3O. The van der Waals surface area contributed by atoms with Gasteiger partial charge in [-0.1, -0.05) is 24.3 Å². The van der Waals surface area contributed by atoms with Gasteiger partial charge in [0, 0.05) is 24.3 Å². The fourth-order valence-corrected chi connectivity index (χ4v) is 2.38. The summed E-state index contributed by atoms with van der Waals surface area (Å²) in [5, 5.41) is 0. The van der Waals surface area contributed by atoms with E-state index >= 15 is 0 Å². The van der Waals surface area contributed by atoms with Crippen LogP contribution in [0.4, 0.5) is 5.82 Å². The molecule has 1 unspecified atom stereocenters. The maximum atomic E-state index is 5.86. The van der Waals surface area contributed by atoms with Crippen LogP contribution in [0.5, 0.6) is 5.75 Å². The van der Waals surface area contributed by atoms with E-state index in [1.165, 1.54) is 5.56 Å². The molecule has 0 radical (unpaired) electrons. The highest BCUT2D eigenvalue weighted by Gasteiger charge is 2.16. The predicted molar refractivity (Wildman–Crippen MR) is 79.8 cm³/mol. The molecule has 1 aromatic carbocycles. The molecule has 1 aliphatic rings. The molecule has 104 valence electrons. The number of para-hydroxylation sites is 1. The molecule has 0 saturated carbocycles. The fraction of sp³-hybridized carbons (Fsp3) is 0.312. The number of benzene rings is 1. The van der Waals surface area contributed by atoms with E-state index in [1.54, 1.807) is 0 Å². The van der Waals surface area contributed by atoms with Crippen LogP contribution in [-0.2, 0) is 6.54 Å². The summed E-state index contributed by atoms with van der Waals surface area (Å²) >= 11 is 0. The van der Waals surface area contributed by atoms with Crippen molar-refractivity contribution in [2.75, 3.05) is 18.1 Å². The third kappa shape index (κ3) is 2.60. The Hall–Kier alpha value is -2.07. The van der Waals surface area contributed by atoms with Gasteiger partial charge in [-0.3, -0.25) is 0 Å². The van der Waals surface area contributed by atoms with Crippen molar-refractivity contribution in [1.29, 1.82) is 0 Å². The summed E-state index contributed by atoms with van der Waals surface area (Å²) in [5.41, 5.74) is 8.11. The van der Waals surface area contributed by atoms with E-state index in [4.69, 9.17) is 10.5 Å². The monoisotopic (exact) mass is 269 g/mol. The number of pyridine rings is 1. The van der Waals surface area contributed by atoms with Crippen molar-refractivity contribution >= 4 is 5.82 Å². The van der Waals surface area contributed by atoms with Gasteiger partial charge < -0.3 is 15.4 Å². The maximum absolute atomic E-state index is 5.86. The van der Waals surface area contributed by atoms with Gasteiger partial charge in [0.1, 0.15) is 18.2 Å². The van der Waals surface area contributed by atoms with E-state index in [0.29, 0.717) is 6.61 Å². The van der Waals surface area contributed by atoms with Crippen LogP contribution in [-0.4, -0.2) is 18.1 Å². The second kappa shape index (κ2) is 5.51. The smallest absolute Gasteiger partial charge is 0.128 e. The standard InChI is InChI=1S/C16H19N3O/c1-12(17)13-6-7-16(18-10-13)19-8-9-20-15-5-3-2-4-14(15)11-19/h2-7,10,12H,8-9,11,17H2,1H3. The number of hydrogen-bond donors (Lipinski definition) is 1. The zero-order valence-corrected chi connectivity index (χ0v) is 11.6. The molecule has 2 N–H and O–H groups in total. The molecule has 1 atom stereocenters. The molecular weight excluding hydrogens is 250 g/mol. The second-order valence-electron chi connectivity index (χ2n) is 5.12. The molecule has 0 aliphatic carbocycles. The lowest BCUT2D eigenvalue weighted by atomic mass is 10.1. The number of aromatic nitrogens is 1. The van der Waals surface area contributed by atoms with Crippen molar-refractivity contribution in [3.63, 3.8) is 0 Å². The van der Waals surface area contributed by atoms with E-state index in [2.05, 4.69) is 16.0 Å². The summed E-state index contributed by atoms with van der Waals surface area (Å²) in [5.74, 6) is 1.94. The summed E-state index contributed by atoms with van der Waals surface area (Å²) in [6, 6.07) is 12.3. The first-order valence-electron chi connectivity index (χ1n) is 6.91. The summed E-state index contributed by atoms with van der Waals surface area (Å²) in [4.78, 5) is 6.76. The van der Waals surface area contributed by atoms with Crippen molar-refractivity contribution in [2.45, 2.75) is 19.5 Å². The minimum Gasteiger partial charge on any atom is -0.491 e. The molecule has 0 spiro atoms. The van der Waals surface area contributed by atoms with Gasteiger partial charge in [0.05, 0.1) is 6.54 Å². The van der Waals surface area contributed by atoms with E-state index in [9.17, 15) is 0 Å². The molecule has 1 aliphatic heterocycles. The number of nitrogens with two attached hydrogens (primary N) is 1. The number of hydrogen-bond acceptors (Lipinski definition) is 4. The Labute approximate surface area is 119 Å².